The van der Waals surface area contributed by atoms with Crippen molar-refractivity contribution >= 4 is 23.3 Å². The number of fused-ring (bicyclic) bond motifs is 1. The molecule has 1 aliphatic rings. The minimum Gasteiger partial charge on any atom is -0.482 e. The Balaban J connectivity index is 1.52. The van der Waals surface area contributed by atoms with E-state index < -0.39 is 0 Å². The van der Waals surface area contributed by atoms with Crippen LogP contribution in [0.4, 0.5) is 15.9 Å². The maximum Gasteiger partial charge on any atom is 0.265 e. The van der Waals surface area contributed by atoms with Gasteiger partial charge in [0.25, 0.3) is 5.91 Å². The van der Waals surface area contributed by atoms with Crippen molar-refractivity contribution in [3.05, 3.63) is 66.1 Å². The van der Waals surface area contributed by atoms with Gasteiger partial charge in [0.1, 0.15) is 17.4 Å². The molecule has 166 valence electrons. The average Bonchev–Trinajstić information content (AvgIpc) is 3.18. The first-order valence-corrected chi connectivity index (χ1v) is 10.4. The van der Waals surface area contributed by atoms with E-state index in [0.29, 0.717) is 22.9 Å². The first-order valence-electron chi connectivity index (χ1n) is 10.4. The third kappa shape index (κ3) is 4.49. The largest absolute Gasteiger partial charge is 0.482 e. The zero-order chi connectivity index (χ0) is 22.9. The Bertz CT molecular complexity index is 1150. The van der Waals surface area contributed by atoms with E-state index in [4.69, 9.17) is 4.74 Å². The van der Waals surface area contributed by atoms with Gasteiger partial charge in [-0.25, -0.2) is 9.07 Å². The Morgan fingerprint density at radius 3 is 2.59 bits per heavy atom. The molecule has 0 spiro atoms. The van der Waals surface area contributed by atoms with E-state index >= 15 is 0 Å². The van der Waals surface area contributed by atoms with Gasteiger partial charge in [0, 0.05) is 24.4 Å². The number of nitrogens with one attached hydrogen (secondary N) is 1. The smallest absolute Gasteiger partial charge is 0.265 e. The van der Waals surface area contributed by atoms with Crippen molar-refractivity contribution in [3.63, 3.8) is 0 Å². The van der Waals surface area contributed by atoms with Crippen LogP contribution in [0.2, 0.25) is 0 Å². The van der Waals surface area contributed by atoms with Gasteiger partial charge in [0.2, 0.25) is 5.91 Å². The highest BCUT2D eigenvalue weighted by Crippen LogP contribution is 2.31. The van der Waals surface area contributed by atoms with Crippen molar-refractivity contribution in [3.8, 4) is 11.4 Å². The molecule has 2 amide bonds. The van der Waals surface area contributed by atoms with E-state index in [2.05, 4.69) is 10.4 Å². The van der Waals surface area contributed by atoms with Crippen molar-refractivity contribution in [2.45, 2.75) is 32.6 Å². The summed E-state index contributed by atoms with van der Waals surface area (Å²) in [6.07, 6.45) is 0.0967. The molecule has 2 heterocycles. The number of nitrogens with zero attached hydrogens (tertiary/aromatic N) is 3. The van der Waals surface area contributed by atoms with Crippen LogP contribution >= 0.6 is 0 Å². The number of anilines is 2. The normalized spacial score (nSPS) is 13.5. The summed E-state index contributed by atoms with van der Waals surface area (Å²) in [6, 6.07) is 15.0. The lowest BCUT2D eigenvalue weighted by molar-refractivity contribution is -0.121. The van der Waals surface area contributed by atoms with Crippen molar-refractivity contribution in [2.75, 3.05) is 23.4 Å². The van der Waals surface area contributed by atoms with E-state index in [-0.39, 0.29) is 42.6 Å². The summed E-state index contributed by atoms with van der Waals surface area (Å²) in [7, 11) is 0. The van der Waals surface area contributed by atoms with E-state index in [1.54, 1.807) is 33.8 Å². The Kier molecular flexibility index (Phi) is 5.69. The Labute approximate surface area is 185 Å². The number of para-hydroxylation sites is 2. The summed E-state index contributed by atoms with van der Waals surface area (Å²) < 4.78 is 20.4. The molecule has 1 aromatic heterocycles. The number of halogens is 1. The van der Waals surface area contributed by atoms with Crippen LogP contribution in [0.3, 0.4) is 0 Å². The van der Waals surface area contributed by atoms with Gasteiger partial charge in [0.15, 0.2) is 6.61 Å². The van der Waals surface area contributed by atoms with Gasteiger partial charge in [-0.05, 0) is 36.4 Å². The molecule has 7 nitrogen and oxygen atoms in total. The lowest BCUT2D eigenvalue weighted by Crippen LogP contribution is -2.40. The third-order valence-electron chi connectivity index (χ3n) is 5.19. The molecule has 1 N–H and O–H groups in total. The molecule has 0 unspecified atom stereocenters. The molecule has 32 heavy (non-hydrogen) atoms. The molecule has 0 aliphatic carbocycles. The van der Waals surface area contributed by atoms with Crippen molar-refractivity contribution in [2.24, 2.45) is 0 Å². The number of hydrogen-bond acceptors (Lipinski definition) is 4. The lowest BCUT2D eigenvalue weighted by Gasteiger charge is -2.29. The molecule has 0 saturated heterocycles. The zero-order valence-corrected chi connectivity index (χ0v) is 18.3. The van der Waals surface area contributed by atoms with E-state index in [0.717, 1.165) is 5.69 Å². The molecule has 0 fully saturated rings. The maximum atomic E-state index is 13.4. The Morgan fingerprint density at radius 2 is 1.88 bits per heavy atom. The van der Waals surface area contributed by atoms with Gasteiger partial charge in [-0.1, -0.05) is 32.9 Å². The van der Waals surface area contributed by atoms with Crippen LogP contribution in [-0.4, -0.2) is 34.7 Å². The number of hydrogen-bond donors (Lipinski definition) is 1. The van der Waals surface area contributed by atoms with Gasteiger partial charge < -0.3 is 15.0 Å². The van der Waals surface area contributed by atoms with Crippen LogP contribution in [0, 0.1) is 5.82 Å². The zero-order valence-electron chi connectivity index (χ0n) is 18.3. The third-order valence-corrected chi connectivity index (χ3v) is 5.19. The number of carbonyl (C=O) groups is 2. The molecular weight excluding hydrogens is 411 g/mol. The Morgan fingerprint density at radius 1 is 1.16 bits per heavy atom. The van der Waals surface area contributed by atoms with E-state index in [9.17, 15) is 14.0 Å². The minimum absolute atomic E-state index is 0.0507. The Hall–Kier alpha value is -3.68. The molecule has 4 rings (SSSR count). The molecule has 0 atom stereocenters. The maximum absolute atomic E-state index is 13.4. The molecule has 0 bridgehead atoms. The first kappa shape index (κ1) is 21.5. The molecule has 0 radical (unpaired) electrons. The van der Waals surface area contributed by atoms with Gasteiger partial charge in [-0.2, -0.15) is 5.10 Å². The van der Waals surface area contributed by atoms with Crippen LogP contribution in [-0.2, 0) is 15.0 Å². The van der Waals surface area contributed by atoms with Gasteiger partial charge >= 0.3 is 0 Å². The predicted octanol–water partition coefficient (Wildman–Crippen LogP) is 4.06. The van der Waals surface area contributed by atoms with Crippen molar-refractivity contribution in [1.29, 1.82) is 0 Å². The quantitative estimate of drug-likeness (QED) is 0.654. The highest BCUT2D eigenvalue weighted by Gasteiger charge is 2.26. The number of ether oxygens (including phenoxy) is 1. The van der Waals surface area contributed by atoms with Crippen LogP contribution in [0.25, 0.3) is 5.69 Å². The summed E-state index contributed by atoms with van der Waals surface area (Å²) in [5.41, 5.74) is 1.83. The second-order valence-electron chi connectivity index (χ2n) is 8.65. The summed E-state index contributed by atoms with van der Waals surface area (Å²) in [5.74, 6) is 0.309. The predicted molar refractivity (Wildman–Crippen MR) is 120 cm³/mol. The fourth-order valence-electron chi connectivity index (χ4n) is 3.43. The van der Waals surface area contributed by atoms with Crippen LogP contribution in [0.15, 0.2) is 54.6 Å². The summed E-state index contributed by atoms with van der Waals surface area (Å²) in [4.78, 5) is 26.7. The first-order chi connectivity index (χ1) is 15.2. The highest BCUT2D eigenvalue weighted by atomic mass is 19.1. The van der Waals surface area contributed by atoms with Crippen LogP contribution in [0.1, 0.15) is 32.9 Å². The van der Waals surface area contributed by atoms with Crippen molar-refractivity contribution in [1.82, 2.24) is 9.78 Å². The van der Waals surface area contributed by atoms with Crippen molar-refractivity contribution < 1.29 is 18.7 Å². The summed E-state index contributed by atoms with van der Waals surface area (Å²) in [5, 5.41) is 7.52. The van der Waals surface area contributed by atoms with E-state index in [1.807, 2.05) is 39.0 Å². The van der Waals surface area contributed by atoms with Gasteiger partial charge in [-0.3, -0.25) is 9.59 Å². The standard InChI is InChI=1S/C24H25FN4O3/c1-24(2,3)20-14-21(29(27-20)17-10-8-16(25)9-11-17)26-22(30)12-13-28-18-6-4-5-7-19(18)32-15-23(28)31/h4-11,14H,12-13,15H2,1-3H3,(H,26,30). The topological polar surface area (TPSA) is 76.5 Å². The van der Waals surface area contributed by atoms with Crippen LogP contribution < -0.4 is 15.0 Å². The second kappa shape index (κ2) is 8.45. The highest BCUT2D eigenvalue weighted by molar-refractivity contribution is 5.99. The van der Waals surface area contributed by atoms with Gasteiger partial charge in [-0.15, -0.1) is 0 Å². The summed E-state index contributed by atoms with van der Waals surface area (Å²) >= 11 is 0. The molecule has 3 aromatic rings. The summed E-state index contributed by atoms with van der Waals surface area (Å²) in [6.45, 7) is 6.25. The lowest BCUT2D eigenvalue weighted by atomic mass is 9.92. The molecule has 0 saturated carbocycles. The van der Waals surface area contributed by atoms with Gasteiger partial charge in [0.05, 0.1) is 17.1 Å². The minimum atomic E-state index is -0.349. The fraction of sp³-hybridized carbons (Fsp3) is 0.292. The van der Waals surface area contributed by atoms with E-state index in [1.165, 1.54) is 12.1 Å². The number of aromatic nitrogens is 2. The SMILES string of the molecule is CC(C)(C)c1cc(NC(=O)CCN2C(=O)COc3ccccc32)n(-c2ccc(F)cc2)n1. The fourth-order valence-corrected chi connectivity index (χ4v) is 3.43. The molecule has 1 aliphatic heterocycles. The molecule has 8 heteroatoms. The molecular formula is C24H25FN4O3. The average molecular weight is 436 g/mol. The number of benzene rings is 2. The number of amides is 2. The number of carbonyl (C=O) groups excluding carboxylic acids is 2. The molecule has 2 aromatic carbocycles. The monoisotopic (exact) mass is 436 g/mol. The number of rotatable bonds is 5. The second-order valence-corrected chi connectivity index (χ2v) is 8.65. The van der Waals surface area contributed by atoms with Crippen LogP contribution in [0.5, 0.6) is 5.75 Å².